The molecule has 1 aromatic rings. The summed E-state index contributed by atoms with van der Waals surface area (Å²) in [5.41, 5.74) is 0.682. The number of nitrogens with zero attached hydrogens (tertiary/aromatic N) is 1. The minimum atomic E-state index is -1.10. The molecule has 5 N–H and O–H groups in total. The number of ether oxygens (including phenoxy) is 1. The van der Waals surface area contributed by atoms with Crippen molar-refractivity contribution in [2.45, 2.75) is 37.4 Å². The van der Waals surface area contributed by atoms with E-state index in [4.69, 9.17) is 9.84 Å². The van der Waals surface area contributed by atoms with Gasteiger partial charge in [-0.3, -0.25) is 4.57 Å². The Bertz CT molecular complexity index is 447. The van der Waals surface area contributed by atoms with E-state index in [0.717, 1.165) is 0 Å². The van der Waals surface area contributed by atoms with Crippen molar-refractivity contribution in [1.29, 1.82) is 0 Å². The van der Waals surface area contributed by atoms with Crippen molar-refractivity contribution in [2.75, 3.05) is 6.61 Å². The van der Waals surface area contributed by atoms with Crippen LogP contribution < -0.4 is 0 Å². The van der Waals surface area contributed by atoms with E-state index >= 15 is 0 Å². The first-order chi connectivity index (χ1) is 8.57. The second kappa shape index (κ2) is 3.86. The average molecular weight is 257 g/mol. The predicted molar refractivity (Wildman–Crippen MR) is 58.0 cm³/mol. The number of hydrogen-bond donors (Lipinski definition) is 5. The molecule has 7 nitrogen and oxygen atoms in total. The molecular formula is C11H15NO6. The van der Waals surface area contributed by atoms with E-state index < -0.39 is 24.4 Å². The van der Waals surface area contributed by atoms with Gasteiger partial charge in [-0.15, -0.1) is 0 Å². The van der Waals surface area contributed by atoms with Crippen LogP contribution in [0.3, 0.4) is 0 Å². The standard InChI is InChI=1S/C11H15NO6/c13-3-1-2-12-10(16)4-5(11(12)17)9-7(15)6(14)8(4)18-9/h6-9,13-17H,1-3H2. The molecule has 1 saturated heterocycles. The Morgan fingerprint density at radius 3 is 1.94 bits per heavy atom. The first-order valence-electron chi connectivity index (χ1n) is 5.84. The zero-order chi connectivity index (χ0) is 13.0. The maximum Gasteiger partial charge on any atom is 0.200 e. The van der Waals surface area contributed by atoms with Crippen LogP contribution in [0.5, 0.6) is 11.8 Å². The van der Waals surface area contributed by atoms with Crippen molar-refractivity contribution in [1.82, 2.24) is 4.57 Å². The summed E-state index contributed by atoms with van der Waals surface area (Å²) in [6, 6.07) is 0. The summed E-state index contributed by atoms with van der Waals surface area (Å²) in [5, 5.41) is 48.3. The molecule has 4 unspecified atom stereocenters. The lowest BCUT2D eigenvalue weighted by atomic mass is 9.90. The molecule has 0 saturated carbocycles. The molecular weight excluding hydrogens is 242 g/mol. The number of hydrogen-bond acceptors (Lipinski definition) is 6. The zero-order valence-corrected chi connectivity index (χ0v) is 9.52. The highest BCUT2D eigenvalue weighted by Gasteiger charge is 2.55. The summed E-state index contributed by atoms with van der Waals surface area (Å²) in [4.78, 5) is 0. The predicted octanol–water partition coefficient (Wildman–Crippen LogP) is -0.871. The maximum absolute atomic E-state index is 10.0. The van der Waals surface area contributed by atoms with Gasteiger partial charge in [0.15, 0.2) is 11.8 Å². The van der Waals surface area contributed by atoms with Gasteiger partial charge in [-0.2, -0.15) is 0 Å². The lowest BCUT2D eigenvalue weighted by molar-refractivity contribution is 0.0211. The number of aliphatic hydroxyl groups is 3. The van der Waals surface area contributed by atoms with Gasteiger partial charge in [-0.25, -0.2) is 0 Å². The second-order valence-corrected chi connectivity index (χ2v) is 4.66. The molecule has 2 aliphatic rings. The summed E-state index contributed by atoms with van der Waals surface area (Å²) >= 11 is 0. The summed E-state index contributed by atoms with van der Waals surface area (Å²) in [7, 11) is 0. The van der Waals surface area contributed by atoms with Crippen molar-refractivity contribution < 1.29 is 30.3 Å². The van der Waals surface area contributed by atoms with Gasteiger partial charge >= 0.3 is 0 Å². The number of rotatable bonds is 3. The molecule has 4 atom stereocenters. The van der Waals surface area contributed by atoms with E-state index in [1.165, 1.54) is 4.57 Å². The second-order valence-electron chi connectivity index (χ2n) is 4.66. The van der Waals surface area contributed by atoms with Crippen molar-refractivity contribution >= 4 is 0 Å². The van der Waals surface area contributed by atoms with E-state index in [1.54, 1.807) is 0 Å². The Labute approximate surface area is 102 Å². The van der Waals surface area contributed by atoms with Gasteiger partial charge in [-0.05, 0) is 6.42 Å². The molecule has 7 heteroatoms. The van der Waals surface area contributed by atoms with E-state index in [2.05, 4.69) is 0 Å². The van der Waals surface area contributed by atoms with E-state index in [0.29, 0.717) is 17.5 Å². The third-order valence-electron chi connectivity index (χ3n) is 3.66. The molecule has 1 aromatic heterocycles. The summed E-state index contributed by atoms with van der Waals surface area (Å²) in [6.07, 6.45) is -3.42. The number of fused-ring (bicyclic) bond motifs is 5. The average Bonchev–Trinajstić information content (AvgIpc) is 2.94. The Hall–Kier alpha value is -1.28. The van der Waals surface area contributed by atoms with Gasteiger partial charge < -0.3 is 30.3 Å². The molecule has 0 aromatic carbocycles. The van der Waals surface area contributed by atoms with E-state index in [-0.39, 0.29) is 24.9 Å². The largest absolute Gasteiger partial charge is 0.494 e. The van der Waals surface area contributed by atoms with E-state index in [1.807, 2.05) is 0 Å². The zero-order valence-electron chi connectivity index (χ0n) is 9.52. The van der Waals surface area contributed by atoms with Crippen LogP contribution in [0.4, 0.5) is 0 Å². The third-order valence-corrected chi connectivity index (χ3v) is 3.66. The highest BCUT2D eigenvalue weighted by Crippen LogP contribution is 2.57. The maximum atomic E-state index is 10.0. The van der Waals surface area contributed by atoms with Gasteiger partial charge in [0.1, 0.15) is 24.4 Å². The number of aliphatic hydroxyl groups excluding tert-OH is 3. The first-order valence-corrected chi connectivity index (χ1v) is 5.84. The quantitative estimate of drug-likeness (QED) is 0.481. The van der Waals surface area contributed by atoms with Crippen LogP contribution in [0, 0.1) is 0 Å². The molecule has 100 valence electrons. The minimum Gasteiger partial charge on any atom is -0.494 e. The number of aromatic hydroxyl groups is 2. The fourth-order valence-electron chi connectivity index (χ4n) is 2.79. The van der Waals surface area contributed by atoms with Crippen LogP contribution in [0.25, 0.3) is 0 Å². The third kappa shape index (κ3) is 1.27. The van der Waals surface area contributed by atoms with Gasteiger partial charge in [-0.1, -0.05) is 0 Å². The summed E-state index contributed by atoms with van der Waals surface area (Å²) < 4.78 is 6.60. The smallest absolute Gasteiger partial charge is 0.200 e. The minimum absolute atomic E-state index is 0.0592. The van der Waals surface area contributed by atoms with E-state index in [9.17, 15) is 20.4 Å². The van der Waals surface area contributed by atoms with Crippen LogP contribution in [0.2, 0.25) is 0 Å². The van der Waals surface area contributed by atoms with Crippen LogP contribution in [0.1, 0.15) is 29.8 Å². The molecule has 2 aliphatic heterocycles. The fourth-order valence-corrected chi connectivity index (χ4v) is 2.79. The molecule has 2 bridgehead atoms. The molecule has 0 amide bonds. The Kier molecular flexibility index (Phi) is 2.53. The summed E-state index contributed by atoms with van der Waals surface area (Å²) in [6.45, 7) is 0.198. The summed E-state index contributed by atoms with van der Waals surface area (Å²) in [5.74, 6) is -0.344. The SMILES string of the molecule is OCCCn1c(O)c2c(c1O)C1OC2C(O)C1O. The van der Waals surface area contributed by atoms with Crippen molar-refractivity contribution in [3.05, 3.63) is 11.1 Å². The van der Waals surface area contributed by atoms with Crippen molar-refractivity contribution in [2.24, 2.45) is 0 Å². The highest BCUT2D eigenvalue weighted by molar-refractivity contribution is 5.53. The molecule has 3 rings (SSSR count). The molecule has 3 heterocycles. The molecule has 0 radical (unpaired) electrons. The number of aromatic nitrogens is 1. The molecule has 0 spiro atoms. The van der Waals surface area contributed by atoms with Gasteiger partial charge in [0.25, 0.3) is 0 Å². The van der Waals surface area contributed by atoms with Crippen molar-refractivity contribution in [3.63, 3.8) is 0 Å². The lowest BCUT2D eigenvalue weighted by Gasteiger charge is -2.18. The first kappa shape index (κ1) is 11.8. The van der Waals surface area contributed by atoms with Gasteiger partial charge in [0.05, 0.1) is 11.1 Å². The van der Waals surface area contributed by atoms with Crippen LogP contribution >= 0.6 is 0 Å². The van der Waals surface area contributed by atoms with Crippen LogP contribution in [-0.4, -0.2) is 48.9 Å². The highest BCUT2D eigenvalue weighted by atomic mass is 16.5. The molecule has 18 heavy (non-hydrogen) atoms. The van der Waals surface area contributed by atoms with Crippen LogP contribution in [-0.2, 0) is 11.3 Å². The molecule has 1 fully saturated rings. The Morgan fingerprint density at radius 1 is 1.00 bits per heavy atom. The lowest BCUT2D eigenvalue weighted by Crippen LogP contribution is -2.30. The topological polar surface area (TPSA) is 115 Å². The monoisotopic (exact) mass is 257 g/mol. The normalized spacial score (nSPS) is 33.1. The van der Waals surface area contributed by atoms with Crippen molar-refractivity contribution in [3.8, 4) is 11.8 Å². The Balaban J connectivity index is 2.05. The van der Waals surface area contributed by atoms with Gasteiger partial charge in [0.2, 0.25) is 0 Å². The van der Waals surface area contributed by atoms with Crippen LogP contribution in [0.15, 0.2) is 0 Å². The Morgan fingerprint density at radius 2 is 1.50 bits per heavy atom. The molecule has 0 aliphatic carbocycles. The fraction of sp³-hybridized carbons (Fsp3) is 0.636. The van der Waals surface area contributed by atoms with Gasteiger partial charge in [0, 0.05) is 13.2 Å².